The van der Waals surface area contributed by atoms with Gasteiger partial charge in [-0.3, -0.25) is 0 Å². The van der Waals surface area contributed by atoms with Gasteiger partial charge < -0.3 is 15.4 Å². The molecule has 0 aliphatic carbocycles. The highest BCUT2D eigenvalue weighted by molar-refractivity contribution is 7.80. The van der Waals surface area contributed by atoms with Crippen LogP contribution in [0, 0.1) is 0 Å². The van der Waals surface area contributed by atoms with Crippen LogP contribution in [0.2, 0.25) is 0 Å². The molecule has 1 aromatic rings. The highest BCUT2D eigenvalue weighted by Gasteiger charge is 1.99. The van der Waals surface area contributed by atoms with E-state index in [4.69, 9.17) is 22.7 Å². The van der Waals surface area contributed by atoms with Gasteiger partial charge in [0, 0.05) is 13.0 Å². The van der Waals surface area contributed by atoms with Crippen molar-refractivity contribution < 1.29 is 4.74 Å². The Kier molecular flexibility index (Phi) is 6.68. The van der Waals surface area contributed by atoms with E-state index in [2.05, 4.69) is 18.9 Å². The number of rotatable bonds is 8. The van der Waals surface area contributed by atoms with E-state index in [0.717, 1.165) is 24.4 Å². The van der Waals surface area contributed by atoms with Gasteiger partial charge in [0.2, 0.25) is 0 Å². The highest BCUT2D eigenvalue weighted by Crippen LogP contribution is 2.12. The normalized spacial score (nSPS) is 10.6. The molecule has 0 unspecified atom stereocenters. The molecule has 1 aromatic carbocycles. The fraction of sp³-hybridized carbons (Fsp3) is 0.500. The van der Waals surface area contributed by atoms with Gasteiger partial charge in [-0.1, -0.05) is 31.3 Å². The number of ether oxygens (including phenoxy) is 1. The van der Waals surface area contributed by atoms with Gasteiger partial charge >= 0.3 is 0 Å². The Morgan fingerprint density at radius 1 is 1.28 bits per heavy atom. The van der Waals surface area contributed by atoms with Gasteiger partial charge in [0.25, 0.3) is 0 Å². The number of likely N-dealkylation sites (N-methyl/N-ethyl adjacent to an activating group) is 1. The summed E-state index contributed by atoms with van der Waals surface area (Å²) in [5, 5.41) is 0. The van der Waals surface area contributed by atoms with Crippen LogP contribution in [0.15, 0.2) is 24.3 Å². The van der Waals surface area contributed by atoms with Crippen LogP contribution in [0.1, 0.15) is 18.9 Å². The Morgan fingerprint density at radius 2 is 1.94 bits per heavy atom. The topological polar surface area (TPSA) is 38.5 Å². The zero-order valence-electron chi connectivity index (χ0n) is 11.2. The van der Waals surface area contributed by atoms with Crippen LogP contribution in [-0.4, -0.2) is 36.6 Å². The second kappa shape index (κ2) is 8.06. The molecule has 0 amide bonds. The lowest BCUT2D eigenvalue weighted by Gasteiger charge is -2.15. The van der Waals surface area contributed by atoms with E-state index in [1.165, 1.54) is 6.42 Å². The average molecular weight is 266 g/mol. The summed E-state index contributed by atoms with van der Waals surface area (Å²) in [5.41, 5.74) is 6.62. The van der Waals surface area contributed by atoms with Crippen LogP contribution < -0.4 is 10.5 Å². The molecule has 18 heavy (non-hydrogen) atoms. The molecule has 0 saturated carbocycles. The van der Waals surface area contributed by atoms with Gasteiger partial charge in [-0.15, -0.1) is 0 Å². The minimum absolute atomic E-state index is 0.518. The summed E-state index contributed by atoms with van der Waals surface area (Å²) >= 11 is 4.87. The predicted molar refractivity (Wildman–Crippen MR) is 80.2 cm³/mol. The Bertz CT molecular complexity index is 365. The van der Waals surface area contributed by atoms with Gasteiger partial charge in [0.15, 0.2) is 0 Å². The number of nitrogens with two attached hydrogens (primary N) is 1. The fourth-order valence-corrected chi connectivity index (χ4v) is 1.88. The number of hydrogen-bond donors (Lipinski definition) is 1. The van der Waals surface area contributed by atoms with Gasteiger partial charge in [0.05, 0.1) is 4.99 Å². The maximum absolute atomic E-state index is 5.68. The largest absolute Gasteiger partial charge is 0.492 e. The van der Waals surface area contributed by atoms with Crippen molar-refractivity contribution in [3.05, 3.63) is 29.8 Å². The van der Waals surface area contributed by atoms with E-state index < -0.39 is 0 Å². The molecule has 0 aliphatic rings. The Balaban J connectivity index is 2.32. The monoisotopic (exact) mass is 266 g/mol. The molecule has 0 bridgehead atoms. The van der Waals surface area contributed by atoms with E-state index in [1.54, 1.807) is 0 Å². The van der Waals surface area contributed by atoms with Crippen LogP contribution >= 0.6 is 12.2 Å². The molecule has 0 heterocycles. The summed E-state index contributed by atoms with van der Waals surface area (Å²) in [6.07, 6.45) is 1.82. The maximum Gasteiger partial charge on any atom is 0.119 e. The molecule has 0 spiro atoms. The molecule has 4 heteroatoms. The molecule has 0 atom stereocenters. The van der Waals surface area contributed by atoms with Crippen molar-refractivity contribution in [3.8, 4) is 5.75 Å². The molecule has 0 radical (unpaired) electrons. The van der Waals surface area contributed by atoms with Gasteiger partial charge in [-0.05, 0) is 37.7 Å². The van der Waals surface area contributed by atoms with Crippen molar-refractivity contribution in [2.24, 2.45) is 5.73 Å². The zero-order valence-corrected chi connectivity index (χ0v) is 12.0. The SMILES string of the molecule is CCCN(C)CCOc1ccc(CC(N)=S)cc1. The smallest absolute Gasteiger partial charge is 0.119 e. The lowest BCUT2D eigenvalue weighted by Crippen LogP contribution is -2.24. The van der Waals surface area contributed by atoms with Crippen LogP contribution in [0.4, 0.5) is 0 Å². The van der Waals surface area contributed by atoms with Crippen molar-refractivity contribution in [1.29, 1.82) is 0 Å². The number of benzene rings is 1. The van der Waals surface area contributed by atoms with Crippen molar-refractivity contribution in [2.75, 3.05) is 26.7 Å². The second-order valence-electron chi connectivity index (χ2n) is 4.44. The first-order valence-electron chi connectivity index (χ1n) is 6.30. The van der Waals surface area contributed by atoms with Crippen molar-refractivity contribution in [2.45, 2.75) is 19.8 Å². The number of hydrogen-bond acceptors (Lipinski definition) is 3. The quantitative estimate of drug-likeness (QED) is 0.732. The molecular weight excluding hydrogens is 244 g/mol. The summed E-state index contributed by atoms with van der Waals surface area (Å²) in [5.74, 6) is 0.895. The molecule has 0 saturated heterocycles. The van der Waals surface area contributed by atoms with E-state index in [9.17, 15) is 0 Å². The summed E-state index contributed by atoms with van der Waals surface area (Å²) in [4.78, 5) is 2.78. The third kappa shape index (κ3) is 5.98. The fourth-order valence-electron chi connectivity index (χ4n) is 1.72. The molecule has 0 aliphatic heterocycles. The van der Waals surface area contributed by atoms with Crippen LogP contribution in [0.25, 0.3) is 0 Å². The molecule has 100 valence electrons. The van der Waals surface area contributed by atoms with Crippen molar-refractivity contribution >= 4 is 17.2 Å². The number of thiocarbonyl (C=S) groups is 1. The van der Waals surface area contributed by atoms with Crippen molar-refractivity contribution in [1.82, 2.24) is 4.90 Å². The van der Waals surface area contributed by atoms with E-state index >= 15 is 0 Å². The lowest BCUT2D eigenvalue weighted by atomic mass is 10.1. The molecular formula is C14H22N2OS. The Hall–Kier alpha value is -1.13. The summed E-state index contributed by atoms with van der Waals surface area (Å²) < 4.78 is 5.68. The maximum atomic E-state index is 5.68. The van der Waals surface area contributed by atoms with E-state index in [-0.39, 0.29) is 0 Å². The molecule has 0 aromatic heterocycles. The van der Waals surface area contributed by atoms with Crippen LogP contribution in [0.5, 0.6) is 5.75 Å². The lowest BCUT2D eigenvalue weighted by molar-refractivity contribution is 0.237. The summed E-state index contributed by atoms with van der Waals surface area (Å²) in [6.45, 7) is 4.95. The number of nitrogens with zero attached hydrogens (tertiary/aromatic N) is 1. The van der Waals surface area contributed by atoms with Gasteiger partial charge in [0.1, 0.15) is 12.4 Å². The summed E-state index contributed by atoms with van der Waals surface area (Å²) in [7, 11) is 2.11. The third-order valence-corrected chi connectivity index (χ3v) is 2.79. The summed E-state index contributed by atoms with van der Waals surface area (Å²) in [6, 6.07) is 7.94. The zero-order chi connectivity index (χ0) is 13.4. The first-order valence-corrected chi connectivity index (χ1v) is 6.71. The average Bonchev–Trinajstić information content (AvgIpc) is 2.31. The highest BCUT2D eigenvalue weighted by atomic mass is 32.1. The molecule has 1 rings (SSSR count). The Morgan fingerprint density at radius 3 is 2.50 bits per heavy atom. The molecule has 0 fully saturated rings. The van der Waals surface area contributed by atoms with Crippen LogP contribution in [0.3, 0.4) is 0 Å². The van der Waals surface area contributed by atoms with E-state index in [0.29, 0.717) is 18.0 Å². The predicted octanol–water partition coefficient (Wildman–Crippen LogP) is 2.24. The van der Waals surface area contributed by atoms with E-state index in [1.807, 2.05) is 24.3 Å². The first-order chi connectivity index (χ1) is 8.61. The Labute approximate surface area is 115 Å². The molecule has 3 nitrogen and oxygen atoms in total. The molecule has 2 N–H and O–H groups in total. The van der Waals surface area contributed by atoms with Gasteiger partial charge in [-0.2, -0.15) is 0 Å². The second-order valence-corrected chi connectivity index (χ2v) is 4.96. The minimum Gasteiger partial charge on any atom is -0.492 e. The first kappa shape index (κ1) is 14.9. The standard InChI is InChI=1S/C14H22N2OS/c1-3-8-16(2)9-10-17-13-6-4-12(5-7-13)11-14(15)18/h4-7H,3,8-11H2,1-2H3,(H2,15,18). The van der Waals surface area contributed by atoms with Gasteiger partial charge in [-0.25, -0.2) is 0 Å². The third-order valence-electron chi connectivity index (χ3n) is 2.65. The minimum atomic E-state index is 0.518. The van der Waals surface area contributed by atoms with Crippen LogP contribution in [-0.2, 0) is 6.42 Å². The van der Waals surface area contributed by atoms with Crippen molar-refractivity contribution in [3.63, 3.8) is 0 Å².